The van der Waals surface area contributed by atoms with Gasteiger partial charge in [-0.3, -0.25) is 0 Å². The lowest BCUT2D eigenvalue weighted by Gasteiger charge is -2.32. The average Bonchev–Trinajstić information content (AvgIpc) is 2.11. The Morgan fingerprint density at radius 2 is 2.15 bits per heavy atom. The first-order valence-corrected chi connectivity index (χ1v) is 4.55. The summed E-state index contributed by atoms with van der Waals surface area (Å²) in [5.41, 5.74) is 1.02. The molecule has 0 amide bonds. The topological polar surface area (TPSA) is 21.6 Å². The van der Waals surface area contributed by atoms with Crippen LogP contribution >= 0.6 is 0 Å². The van der Waals surface area contributed by atoms with Crippen molar-refractivity contribution >= 4 is 5.71 Å². The monoisotopic (exact) mass is 179 g/mol. The largest absolute Gasteiger partial charge is 0.399 e. The summed E-state index contributed by atoms with van der Waals surface area (Å²) in [6.07, 6.45) is 8.51. The molecule has 2 nitrogen and oxygen atoms in total. The Labute approximate surface area is 80.0 Å². The second-order valence-electron chi connectivity index (χ2n) is 3.67. The summed E-state index contributed by atoms with van der Waals surface area (Å²) < 4.78 is 0. The number of oxime groups is 1. The zero-order valence-electron chi connectivity index (χ0n) is 8.74. The number of hydrogen-bond donors (Lipinski definition) is 0. The third kappa shape index (κ3) is 1.82. The summed E-state index contributed by atoms with van der Waals surface area (Å²) in [6, 6.07) is 0. The molecule has 72 valence electrons. The van der Waals surface area contributed by atoms with E-state index in [-0.39, 0.29) is 5.41 Å². The van der Waals surface area contributed by atoms with Gasteiger partial charge in [-0.25, -0.2) is 0 Å². The van der Waals surface area contributed by atoms with Gasteiger partial charge in [-0.05, 0) is 12.8 Å². The van der Waals surface area contributed by atoms with Gasteiger partial charge in [-0.15, -0.1) is 0 Å². The molecule has 0 bridgehead atoms. The molecular formula is C11H17NO. The fourth-order valence-electron chi connectivity index (χ4n) is 1.52. The highest BCUT2D eigenvalue weighted by Crippen LogP contribution is 2.34. The van der Waals surface area contributed by atoms with E-state index in [1.807, 2.05) is 6.92 Å². The Kier molecular flexibility index (Phi) is 2.91. The number of allylic oxidation sites excluding steroid dienone is 4. The molecule has 0 aromatic rings. The molecule has 0 aromatic carbocycles. The summed E-state index contributed by atoms with van der Waals surface area (Å²) in [4.78, 5) is 4.80. The van der Waals surface area contributed by atoms with Crippen molar-refractivity contribution in [3.63, 3.8) is 0 Å². The maximum Gasteiger partial charge on any atom is 0.106 e. The van der Waals surface area contributed by atoms with E-state index < -0.39 is 0 Å². The van der Waals surface area contributed by atoms with Crippen LogP contribution in [0.5, 0.6) is 0 Å². The van der Waals surface area contributed by atoms with Gasteiger partial charge < -0.3 is 4.84 Å². The Balaban J connectivity index is 2.93. The number of hydrogen-bond acceptors (Lipinski definition) is 2. The second kappa shape index (κ2) is 3.77. The Bertz CT molecular complexity index is 265. The van der Waals surface area contributed by atoms with Crippen molar-refractivity contribution < 1.29 is 4.84 Å². The predicted octanol–water partition coefficient (Wildman–Crippen LogP) is 2.78. The van der Waals surface area contributed by atoms with E-state index in [1.54, 1.807) is 7.11 Å². The van der Waals surface area contributed by atoms with Crippen LogP contribution in [0, 0.1) is 11.3 Å². The molecule has 1 aliphatic rings. The van der Waals surface area contributed by atoms with E-state index in [4.69, 9.17) is 4.84 Å². The standard InChI is InChI=1S/C11H17NO/c1-9-7-5-6-8-11(9,3)10(2)12-13-4/h5-9H,1-4H3. The van der Waals surface area contributed by atoms with E-state index in [1.165, 1.54) is 0 Å². The molecule has 0 N–H and O–H groups in total. The van der Waals surface area contributed by atoms with Gasteiger partial charge in [-0.2, -0.15) is 0 Å². The highest BCUT2D eigenvalue weighted by Gasteiger charge is 2.31. The molecular weight excluding hydrogens is 162 g/mol. The molecule has 2 heteroatoms. The summed E-state index contributed by atoms with van der Waals surface area (Å²) in [7, 11) is 1.58. The molecule has 0 fully saturated rings. The van der Waals surface area contributed by atoms with E-state index >= 15 is 0 Å². The Morgan fingerprint density at radius 1 is 1.46 bits per heavy atom. The second-order valence-corrected chi connectivity index (χ2v) is 3.67. The van der Waals surface area contributed by atoms with Crippen LogP contribution in [0.4, 0.5) is 0 Å². The fourth-order valence-corrected chi connectivity index (χ4v) is 1.52. The molecule has 0 radical (unpaired) electrons. The van der Waals surface area contributed by atoms with Crippen LogP contribution in [0.2, 0.25) is 0 Å². The maximum absolute atomic E-state index is 4.80. The third-order valence-electron chi connectivity index (χ3n) is 2.91. The van der Waals surface area contributed by atoms with Crippen LogP contribution in [0.3, 0.4) is 0 Å². The zero-order valence-corrected chi connectivity index (χ0v) is 8.74. The van der Waals surface area contributed by atoms with Gasteiger partial charge in [0.15, 0.2) is 0 Å². The van der Waals surface area contributed by atoms with Crippen molar-refractivity contribution in [3.05, 3.63) is 24.3 Å². The summed E-state index contributed by atoms with van der Waals surface area (Å²) >= 11 is 0. The summed E-state index contributed by atoms with van der Waals surface area (Å²) in [5, 5.41) is 4.00. The van der Waals surface area contributed by atoms with Crippen LogP contribution in [0.25, 0.3) is 0 Å². The van der Waals surface area contributed by atoms with Gasteiger partial charge in [0.1, 0.15) is 7.11 Å². The molecule has 2 atom stereocenters. The quantitative estimate of drug-likeness (QED) is 0.472. The predicted molar refractivity (Wildman–Crippen MR) is 55.7 cm³/mol. The highest BCUT2D eigenvalue weighted by molar-refractivity contribution is 5.89. The van der Waals surface area contributed by atoms with Crippen molar-refractivity contribution in [2.75, 3.05) is 7.11 Å². The molecule has 1 rings (SSSR count). The molecule has 0 aromatic heterocycles. The maximum atomic E-state index is 4.80. The first kappa shape index (κ1) is 10.0. The third-order valence-corrected chi connectivity index (χ3v) is 2.91. The first-order chi connectivity index (χ1) is 6.11. The van der Waals surface area contributed by atoms with Gasteiger partial charge in [0.25, 0.3) is 0 Å². The van der Waals surface area contributed by atoms with E-state index in [9.17, 15) is 0 Å². The van der Waals surface area contributed by atoms with E-state index in [0.29, 0.717) is 5.92 Å². The van der Waals surface area contributed by atoms with Crippen molar-refractivity contribution in [3.8, 4) is 0 Å². The smallest absolute Gasteiger partial charge is 0.106 e. The molecule has 0 heterocycles. The van der Waals surface area contributed by atoms with Gasteiger partial charge in [0.05, 0.1) is 5.71 Å². The lowest BCUT2D eigenvalue weighted by molar-refractivity contribution is 0.207. The first-order valence-electron chi connectivity index (χ1n) is 4.55. The normalized spacial score (nSPS) is 33.5. The minimum atomic E-state index is 0.00472. The van der Waals surface area contributed by atoms with Gasteiger partial charge in [0.2, 0.25) is 0 Å². The van der Waals surface area contributed by atoms with Crippen LogP contribution in [0.1, 0.15) is 20.8 Å². The average molecular weight is 179 g/mol. The van der Waals surface area contributed by atoms with Crippen LogP contribution in [-0.2, 0) is 4.84 Å². The zero-order chi connectivity index (χ0) is 9.90. The van der Waals surface area contributed by atoms with Gasteiger partial charge >= 0.3 is 0 Å². The molecule has 1 aliphatic carbocycles. The SMILES string of the molecule is CON=C(C)C1(C)C=CC=CC1C. The molecule has 0 aliphatic heterocycles. The van der Waals surface area contributed by atoms with Crippen molar-refractivity contribution in [2.24, 2.45) is 16.5 Å². The van der Waals surface area contributed by atoms with E-state index in [2.05, 4.69) is 43.3 Å². The number of rotatable bonds is 2. The molecule has 0 saturated heterocycles. The summed E-state index contributed by atoms with van der Waals surface area (Å²) in [5.74, 6) is 0.469. The minimum absolute atomic E-state index is 0.00472. The highest BCUT2D eigenvalue weighted by atomic mass is 16.6. The van der Waals surface area contributed by atoms with Gasteiger partial charge in [-0.1, -0.05) is 43.3 Å². The molecule has 13 heavy (non-hydrogen) atoms. The Morgan fingerprint density at radius 3 is 2.69 bits per heavy atom. The lowest BCUT2D eigenvalue weighted by atomic mass is 9.72. The van der Waals surface area contributed by atoms with E-state index in [0.717, 1.165) is 5.71 Å². The lowest BCUT2D eigenvalue weighted by Crippen LogP contribution is -2.31. The van der Waals surface area contributed by atoms with Crippen LogP contribution in [-0.4, -0.2) is 12.8 Å². The number of nitrogens with zero attached hydrogens (tertiary/aromatic N) is 1. The minimum Gasteiger partial charge on any atom is -0.399 e. The van der Waals surface area contributed by atoms with Crippen molar-refractivity contribution in [1.82, 2.24) is 0 Å². The fraction of sp³-hybridized carbons (Fsp3) is 0.545. The molecule has 2 unspecified atom stereocenters. The van der Waals surface area contributed by atoms with Crippen molar-refractivity contribution in [2.45, 2.75) is 20.8 Å². The van der Waals surface area contributed by atoms with Gasteiger partial charge in [0, 0.05) is 5.41 Å². The van der Waals surface area contributed by atoms with Crippen LogP contribution < -0.4 is 0 Å². The molecule has 0 saturated carbocycles. The Hall–Kier alpha value is -1.05. The summed E-state index contributed by atoms with van der Waals surface area (Å²) in [6.45, 7) is 6.37. The molecule has 0 spiro atoms. The van der Waals surface area contributed by atoms with Crippen LogP contribution in [0.15, 0.2) is 29.5 Å². The van der Waals surface area contributed by atoms with Crippen molar-refractivity contribution in [1.29, 1.82) is 0 Å².